The van der Waals surface area contributed by atoms with E-state index in [0.717, 1.165) is 21.3 Å². The van der Waals surface area contributed by atoms with Gasteiger partial charge in [-0.2, -0.15) is 0 Å². The third-order valence-electron chi connectivity index (χ3n) is 3.52. The van der Waals surface area contributed by atoms with Crippen LogP contribution in [0.4, 0.5) is 5.69 Å². The van der Waals surface area contributed by atoms with Gasteiger partial charge in [0.15, 0.2) is 0 Å². The van der Waals surface area contributed by atoms with Crippen molar-refractivity contribution in [1.29, 1.82) is 0 Å². The van der Waals surface area contributed by atoms with Gasteiger partial charge in [0.1, 0.15) is 12.4 Å². The number of aryl methyl sites for hydroxylation is 1. The predicted molar refractivity (Wildman–Crippen MR) is 104 cm³/mol. The van der Waals surface area contributed by atoms with Crippen LogP contribution >= 0.6 is 23.1 Å². The monoisotopic (exact) mass is 370 g/mol. The van der Waals surface area contributed by atoms with Crippen LogP contribution in [0.15, 0.2) is 58.8 Å². The molecule has 0 atom stereocenters. The molecule has 1 amide bonds. The summed E-state index contributed by atoms with van der Waals surface area (Å²) in [4.78, 5) is 17.8. The lowest BCUT2D eigenvalue weighted by Crippen LogP contribution is -2.11. The van der Waals surface area contributed by atoms with Gasteiger partial charge in [-0.15, -0.1) is 23.1 Å². The van der Waals surface area contributed by atoms with E-state index >= 15 is 0 Å². The Bertz CT molecular complexity index is 843. The number of benzene rings is 2. The molecular weight excluding hydrogens is 352 g/mol. The van der Waals surface area contributed by atoms with E-state index in [1.807, 2.05) is 42.8 Å². The topological polar surface area (TPSA) is 51.2 Å². The molecule has 128 valence electrons. The summed E-state index contributed by atoms with van der Waals surface area (Å²) < 4.78 is 5.69. The van der Waals surface area contributed by atoms with Gasteiger partial charge in [-0.25, -0.2) is 4.98 Å². The first-order valence-corrected chi connectivity index (χ1v) is 9.84. The molecule has 25 heavy (non-hydrogen) atoms. The smallest absolute Gasteiger partial charge is 0.255 e. The van der Waals surface area contributed by atoms with Crippen LogP contribution in [0.25, 0.3) is 0 Å². The maximum Gasteiger partial charge on any atom is 0.255 e. The fourth-order valence-electron chi connectivity index (χ4n) is 2.21. The van der Waals surface area contributed by atoms with Crippen molar-refractivity contribution in [3.05, 3.63) is 70.2 Å². The summed E-state index contributed by atoms with van der Waals surface area (Å²) in [6.45, 7) is 2.40. The molecular formula is C19H18N2O2S2. The van der Waals surface area contributed by atoms with E-state index < -0.39 is 0 Å². The Morgan fingerprint density at radius 3 is 2.48 bits per heavy atom. The summed E-state index contributed by atoms with van der Waals surface area (Å²) in [5, 5.41) is 5.90. The minimum absolute atomic E-state index is 0.140. The Morgan fingerprint density at radius 1 is 1.16 bits per heavy atom. The number of ether oxygens (including phenoxy) is 1. The predicted octanol–water partition coefficient (Wildman–Crippen LogP) is 5.00. The van der Waals surface area contributed by atoms with Crippen LogP contribution in [-0.4, -0.2) is 17.1 Å². The second-order valence-electron chi connectivity index (χ2n) is 5.35. The number of thioether (sulfide) groups is 1. The van der Waals surface area contributed by atoms with Gasteiger partial charge in [-0.05, 0) is 61.7 Å². The van der Waals surface area contributed by atoms with Gasteiger partial charge >= 0.3 is 0 Å². The van der Waals surface area contributed by atoms with Gasteiger partial charge < -0.3 is 10.1 Å². The first-order valence-electron chi connectivity index (χ1n) is 7.73. The number of nitrogens with zero attached hydrogens (tertiary/aromatic N) is 1. The lowest BCUT2D eigenvalue weighted by molar-refractivity contribution is 0.102. The number of hydrogen-bond acceptors (Lipinski definition) is 5. The average Bonchev–Trinajstić information content (AvgIpc) is 3.06. The lowest BCUT2D eigenvalue weighted by atomic mass is 10.2. The highest BCUT2D eigenvalue weighted by Gasteiger charge is 2.07. The molecule has 3 aromatic rings. The molecule has 1 heterocycles. The van der Waals surface area contributed by atoms with Gasteiger partial charge in [0.2, 0.25) is 0 Å². The molecule has 6 heteroatoms. The van der Waals surface area contributed by atoms with Crippen LogP contribution in [-0.2, 0) is 6.61 Å². The van der Waals surface area contributed by atoms with E-state index in [0.29, 0.717) is 17.9 Å². The quantitative estimate of drug-likeness (QED) is 0.620. The number of aromatic nitrogens is 1. The Labute approximate surface area is 155 Å². The van der Waals surface area contributed by atoms with E-state index in [-0.39, 0.29) is 5.91 Å². The van der Waals surface area contributed by atoms with E-state index in [1.165, 1.54) is 0 Å². The molecule has 0 fully saturated rings. The van der Waals surface area contributed by atoms with E-state index in [2.05, 4.69) is 10.3 Å². The molecule has 0 bridgehead atoms. The van der Waals surface area contributed by atoms with Crippen LogP contribution < -0.4 is 10.1 Å². The highest BCUT2D eigenvalue weighted by Crippen LogP contribution is 2.19. The molecule has 0 radical (unpaired) electrons. The van der Waals surface area contributed by atoms with Crippen LogP contribution in [0.3, 0.4) is 0 Å². The number of thiazole rings is 1. The molecule has 3 rings (SSSR count). The number of amides is 1. The second kappa shape index (κ2) is 8.18. The molecule has 2 aromatic carbocycles. The molecule has 1 aromatic heterocycles. The Morgan fingerprint density at radius 2 is 1.88 bits per heavy atom. The number of hydrogen-bond donors (Lipinski definition) is 1. The maximum absolute atomic E-state index is 12.3. The summed E-state index contributed by atoms with van der Waals surface area (Å²) in [6.07, 6.45) is 2.02. The van der Waals surface area contributed by atoms with Crippen LogP contribution in [0.5, 0.6) is 5.75 Å². The van der Waals surface area contributed by atoms with Crippen molar-refractivity contribution in [3.63, 3.8) is 0 Å². The summed E-state index contributed by atoms with van der Waals surface area (Å²) in [7, 11) is 0. The van der Waals surface area contributed by atoms with Gasteiger partial charge in [0.05, 0.1) is 10.7 Å². The summed E-state index contributed by atoms with van der Waals surface area (Å²) in [6, 6.07) is 14.9. The molecule has 0 aliphatic rings. The summed E-state index contributed by atoms with van der Waals surface area (Å²) in [5.74, 6) is 0.574. The third-order valence-corrected chi connectivity index (χ3v) is 5.08. The van der Waals surface area contributed by atoms with Crippen molar-refractivity contribution in [2.75, 3.05) is 11.6 Å². The Kier molecular flexibility index (Phi) is 5.73. The minimum Gasteiger partial charge on any atom is -0.487 e. The van der Waals surface area contributed by atoms with E-state index in [9.17, 15) is 4.79 Å². The molecule has 0 aliphatic heterocycles. The minimum atomic E-state index is -0.140. The fourth-order valence-corrected chi connectivity index (χ4v) is 3.22. The summed E-state index contributed by atoms with van der Waals surface area (Å²) in [5.41, 5.74) is 2.28. The van der Waals surface area contributed by atoms with Gasteiger partial charge in [0, 0.05) is 21.5 Å². The van der Waals surface area contributed by atoms with Crippen molar-refractivity contribution >= 4 is 34.7 Å². The zero-order chi connectivity index (χ0) is 17.6. The maximum atomic E-state index is 12.3. The molecule has 0 aliphatic carbocycles. The molecule has 0 spiro atoms. The number of carbonyl (C=O) groups excluding carboxylic acids is 1. The summed E-state index contributed by atoms with van der Waals surface area (Å²) >= 11 is 3.27. The van der Waals surface area contributed by atoms with Crippen molar-refractivity contribution in [2.45, 2.75) is 18.4 Å². The Hall–Kier alpha value is -2.31. The molecule has 4 nitrogen and oxygen atoms in total. The van der Waals surface area contributed by atoms with Crippen molar-refractivity contribution in [2.24, 2.45) is 0 Å². The third kappa shape index (κ3) is 4.84. The zero-order valence-electron chi connectivity index (χ0n) is 14.0. The number of nitrogens with one attached hydrogen (secondary N) is 1. The highest BCUT2D eigenvalue weighted by atomic mass is 32.2. The standard InChI is InChI=1S/C19H18N2O2S2/c1-13-20-16(12-25-13)11-23-17-7-3-14(4-8-17)19(22)21-15-5-9-18(24-2)10-6-15/h3-10,12H,11H2,1-2H3,(H,21,22). The Balaban J connectivity index is 1.57. The zero-order valence-corrected chi connectivity index (χ0v) is 15.6. The van der Waals surface area contributed by atoms with Crippen molar-refractivity contribution in [1.82, 2.24) is 4.98 Å². The number of rotatable bonds is 6. The van der Waals surface area contributed by atoms with Gasteiger partial charge in [-0.1, -0.05) is 0 Å². The number of carbonyl (C=O) groups is 1. The molecule has 0 unspecified atom stereocenters. The van der Waals surface area contributed by atoms with Crippen LogP contribution in [0.2, 0.25) is 0 Å². The van der Waals surface area contributed by atoms with Crippen molar-refractivity contribution < 1.29 is 9.53 Å². The molecule has 1 N–H and O–H groups in total. The SMILES string of the molecule is CSc1ccc(NC(=O)c2ccc(OCc3csc(C)n3)cc2)cc1. The van der Waals surface area contributed by atoms with Gasteiger partial charge in [0.25, 0.3) is 5.91 Å². The average molecular weight is 370 g/mol. The first-order chi connectivity index (χ1) is 12.1. The normalized spacial score (nSPS) is 10.5. The van der Waals surface area contributed by atoms with Crippen LogP contribution in [0, 0.1) is 6.92 Å². The lowest BCUT2D eigenvalue weighted by Gasteiger charge is -2.08. The molecule has 0 saturated carbocycles. The van der Waals surface area contributed by atoms with E-state index in [1.54, 1.807) is 47.4 Å². The van der Waals surface area contributed by atoms with Gasteiger partial charge in [-0.3, -0.25) is 4.79 Å². The largest absolute Gasteiger partial charge is 0.487 e. The second-order valence-corrected chi connectivity index (χ2v) is 7.30. The van der Waals surface area contributed by atoms with Crippen molar-refractivity contribution in [3.8, 4) is 5.75 Å². The van der Waals surface area contributed by atoms with Crippen LogP contribution in [0.1, 0.15) is 21.1 Å². The highest BCUT2D eigenvalue weighted by molar-refractivity contribution is 7.98. The molecule has 0 saturated heterocycles. The number of anilines is 1. The van der Waals surface area contributed by atoms with E-state index in [4.69, 9.17) is 4.74 Å². The fraction of sp³-hybridized carbons (Fsp3) is 0.158. The first kappa shape index (κ1) is 17.5.